The van der Waals surface area contributed by atoms with Gasteiger partial charge in [0.25, 0.3) is 5.56 Å². The van der Waals surface area contributed by atoms with E-state index in [4.69, 9.17) is 4.74 Å². The van der Waals surface area contributed by atoms with Crippen LogP contribution in [0.1, 0.15) is 16.8 Å². The summed E-state index contributed by atoms with van der Waals surface area (Å²) >= 11 is 0. The molecule has 0 aliphatic heterocycles. The van der Waals surface area contributed by atoms with Crippen molar-refractivity contribution in [3.8, 4) is 5.75 Å². The maximum absolute atomic E-state index is 12.1. The van der Waals surface area contributed by atoms with Gasteiger partial charge in [0.1, 0.15) is 11.4 Å². The monoisotopic (exact) mass is 335 g/mol. The van der Waals surface area contributed by atoms with Crippen molar-refractivity contribution in [1.29, 1.82) is 0 Å². The summed E-state index contributed by atoms with van der Waals surface area (Å²) in [6, 6.07) is 17.0. The minimum Gasteiger partial charge on any atom is -0.497 e. The van der Waals surface area contributed by atoms with Crippen molar-refractivity contribution >= 4 is 12.2 Å². The van der Waals surface area contributed by atoms with Crippen LogP contribution in [0.15, 0.2) is 64.5 Å². The van der Waals surface area contributed by atoms with Crippen molar-refractivity contribution in [3.63, 3.8) is 0 Å². The van der Waals surface area contributed by atoms with Gasteiger partial charge in [0.05, 0.1) is 13.3 Å². The standard InChI is InChI=1S/C18H17N5O2/c1-25-15-9-7-14(8-10-15)12-19-22-18-20-17(24)16(21-23-18)11-13-5-3-2-4-6-13/h2-10,12H,11H2,1H3,(H2,20,22,23,24)/b19-12+. The lowest BCUT2D eigenvalue weighted by molar-refractivity contribution is 0.415. The maximum atomic E-state index is 12.1. The van der Waals surface area contributed by atoms with Gasteiger partial charge in [-0.2, -0.15) is 5.10 Å². The average molecular weight is 335 g/mol. The third-order valence-corrected chi connectivity index (χ3v) is 3.48. The first-order chi connectivity index (χ1) is 12.2. The van der Waals surface area contributed by atoms with E-state index in [1.807, 2.05) is 54.6 Å². The number of aromatic nitrogens is 3. The molecule has 3 rings (SSSR count). The Morgan fingerprint density at radius 3 is 2.56 bits per heavy atom. The molecule has 25 heavy (non-hydrogen) atoms. The highest BCUT2D eigenvalue weighted by molar-refractivity contribution is 5.80. The Morgan fingerprint density at radius 2 is 1.88 bits per heavy atom. The predicted octanol–water partition coefficient (Wildman–Crippen LogP) is 2.21. The van der Waals surface area contributed by atoms with Crippen LogP contribution in [-0.4, -0.2) is 28.5 Å². The number of benzene rings is 2. The first-order valence-electron chi connectivity index (χ1n) is 7.67. The normalized spacial score (nSPS) is 10.8. The molecule has 0 saturated carbocycles. The van der Waals surface area contributed by atoms with Gasteiger partial charge in [-0.05, 0) is 35.4 Å². The van der Waals surface area contributed by atoms with Gasteiger partial charge in [0.15, 0.2) is 0 Å². The Labute approximate surface area is 144 Å². The molecule has 3 aromatic rings. The number of rotatable bonds is 6. The van der Waals surface area contributed by atoms with E-state index in [2.05, 4.69) is 25.7 Å². The summed E-state index contributed by atoms with van der Waals surface area (Å²) in [5.74, 6) is 0.959. The van der Waals surface area contributed by atoms with Gasteiger partial charge < -0.3 is 4.74 Å². The fraction of sp³-hybridized carbons (Fsp3) is 0.111. The molecule has 1 aromatic heterocycles. The number of nitrogens with zero attached hydrogens (tertiary/aromatic N) is 3. The van der Waals surface area contributed by atoms with Crippen molar-refractivity contribution in [2.45, 2.75) is 6.42 Å². The molecule has 0 amide bonds. The van der Waals surface area contributed by atoms with E-state index in [1.165, 1.54) is 0 Å². The van der Waals surface area contributed by atoms with E-state index in [0.717, 1.165) is 16.9 Å². The molecule has 0 saturated heterocycles. The Bertz CT molecular complexity index is 905. The molecule has 1 heterocycles. The summed E-state index contributed by atoms with van der Waals surface area (Å²) in [7, 11) is 1.61. The van der Waals surface area contributed by atoms with E-state index in [9.17, 15) is 4.79 Å². The first kappa shape index (κ1) is 16.4. The van der Waals surface area contributed by atoms with Crippen molar-refractivity contribution in [2.75, 3.05) is 12.5 Å². The molecule has 0 spiro atoms. The fourth-order valence-corrected chi connectivity index (χ4v) is 2.17. The molecule has 126 valence electrons. The molecular formula is C18H17N5O2. The van der Waals surface area contributed by atoms with Crippen LogP contribution in [0.2, 0.25) is 0 Å². The summed E-state index contributed by atoms with van der Waals surface area (Å²) in [4.78, 5) is 14.7. The van der Waals surface area contributed by atoms with E-state index in [1.54, 1.807) is 13.3 Å². The molecule has 0 fully saturated rings. The molecule has 0 aliphatic rings. The van der Waals surface area contributed by atoms with Crippen molar-refractivity contribution in [3.05, 3.63) is 81.8 Å². The van der Waals surface area contributed by atoms with Gasteiger partial charge in [-0.1, -0.05) is 30.3 Å². The third-order valence-electron chi connectivity index (χ3n) is 3.48. The lowest BCUT2D eigenvalue weighted by Crippen LogP contribution is -2.18. The molecular weight excluding hydrogens is 318 g/mol. The van der Waals surface area contributed by atoms with Gasteiger partial charge in [-0.15, -0.1) is 10.2 Å². The van der Waals surface area contributed by atoms with Crippen LogP contribution in [0.5, 0.6) is 5.75 Å². The van der Waals surface area contributed by atoms with Crippen LogP contribution in [0.25, 0.3) is 0 Å². The zero-order chi connectivity index (χ0) is 17.5. The van der Waals surface area contributed by atoms with Crippen LogP contribution < -0.4 is 15.7 Å². The highest BCUT2D eigenvalue weighted by atomic mass is 16.5. The van der Waals surface area contributed by atoms with Crippen molar-refractivity contribution < 1.29 is 4.74 Å². The fourth-order valence-electron chi connectivity index (χ4n) is 2.17. The predicted molar refractivity (Wildman–Crippen MR) is 96.1 cm³/mol. The zero-order valence-electron chi connectivity index (χ0n) is 13.6. The second-order valence-electron chi connectivity index (χ2n) is 5.25. The topological polar surface area (TPSA) is 92.3 Å². The molecule has 7 heteroatoms. The molecule has 0 bridgehead atoms. The SMILES string of the molecule is COc1ccc(/C=N/Nc2nnc(Cc3ccccc3)c(=O)[nH]2)cc1. The minimum atomic E-state index is -0.291. The number of nitrogens with one attached hydrogen (secondary N) is 2. The van der Waals surface area contributed by atoms with Gasteiger partial charge in [0, 0.05) is 6.42 Å². The molecule has 0 radical (unpaired) electrons. The van der Waals surface area contributed by atoms with E-state index in [0.29, 0.717) is 12.1 Å². The van der Waals surface area contributed by atoms with E-state index >= 15 is 0 Å². The zero-order valence-corrected chi connectivity index (χ0v) is 13.6. The molecule has 0 unspecified atom stereocenters. The molecule has 0 aliphatic carbocycles. The summed E-state index contributed by atoms with van der Waals surface area (Å²) < 4.78 is 5.09. The first-order valence-corrected chi connectivity index (χ1v) is 7.67. The van der Waals surface area contributed by atoms with Gasteiger partial charge >= 0.3 is 0 Å². The van der Waals surface area contributed by atoms with Crippen LogP contribution >= 0.6 is 0 Å². The second kappa shape index (κ2) is 7.87. The Morgan fingerprint density at radius 1 is 1.12 bits per heavy atom. The quantitative estimate of drug-likeness (QED) is 0.532. The summed E-state index contributed by atoms with van der Waals surface area (Å²) in [6.45, 7) is 0. The second-order valence-corrected chi connectivity index (χ2v) is 5.25. The summed E-state index contributed by atoms with van der Waals surface area (Å²) in [6.07, 6.45) is 2.04. The van der Waals surface area contributed by atoms with E-state index in [-0.39, 0.29) is 11.5 Å². The Kier molecular flexibility index (Phi) is 5.16. The highest BCUT2D eigenvalue weighted by Gasteiger charge is 2.05. The average Bonchev–Trinajstić information content (AvgIpc) is 2.65. The lowest BCUT2D eigenvalue weighted by atomic mass is 10.1. The maximum Gasteiger partial charge on any atom is 0.274 e. The third kappa shape index (κ3) is 4.51. The Hall–Kier alpha value is -3.48. The number of anilines is 1. The number of ether oxygens (including phenoxy) is 1. The number of methoxy groups -OCH3 is 1. The molecule has 2 aromatic carbocycles. The smallest absolute Gasteiger partial charge is 0.274 e. The largest absolute Gasteiger partial charge is 0.497 e. The number of hydrogen-bond donors (Lipinski definition) is 2. The van der Waals surface area contributed by atoms with Crippen LogP contribution in [-0.2, 0) is 6.42 Å². The number of hydrogen-bond acceptors (Lipinski definition) is 6. The van der Waals surface area contributed by atoms with Gasteiger partial charge in [-0.25, -0.2) is 5.43 Å². The number of H-pyrrole nitrogens is 1. The van der Waals surface area contributed by atoms with Crippen molar-refractivity contribution in [2.24, 2.45) is 5.10 Å². The van der Waals surface area contributed by atoms with Gasteiger partial charge in [0.2, 0.25) is 5.95 Å². The lowest BCUT2D eigenvalue weighted by Gasteiger charge is -2.02. The van der Waals surface area contributed by atoms with Crippen LogP contribution in [0, 0.1) is 0 Å². The summed E-state index contributed by atoms with van der Waals surface area (Å²) in [5, 5.41) is 12.0. The van der Waals surface area contributed by atoms with Crippen LogP contribution in [0.3, 0.4) is 0 Å². The highest BCUT2D eigenvalue weighted by Crippen LogP contribution is 2.09. The Balaban J connectivity index is 1.64. The van der Waals surface area contributed by atoms with Crippen molar-refractivity contribution in [1.82, 2.24) is 15.2 Å². The van der Waals surface area contributed by atoms with Crippen LogP contribution in [0.4, 0.5) is 5.95 Å². The number of aromatic amines is 1. The van der Waals surface area contributed by atoms with E-state index < -0.39 is 0 Å². The molecule has 0 atom stereocenters. The molecule has 2 N–H and O–H groups in total. The summed E-state index contributed by atoms with van der Waals surface area (Å²) in [5.41, 5.74) is 4.61. The van der Waals surface area contributed by atoms with Gasteiger partial charge in [-0.3, -0.25) is 9.78 Å². The number of hydrazone groups is 1. The molecule has 7 nitrogen and oxygen atoms in total. The minimum absolute atomic E-state index is 0.187.